The minimum atomic E-state index is -0.0868. The second-order valence-electron chi connectivity index (χ2n) is 4.85. The minimum absolute atomic E-state index is 0.0868. The highest BCUT2D eigenvalue weighted by Crippen LogP contribution is 2.23. The summed E-state index contributed by atoms with van der Waals surface area (Å²) in [6, 6.07) is 8.15. The van der Waals surface area contributed by atoms with E-state index in [0.29, 0.717) is 13.1 Å². The molecule has 5 heteroatoms. The molecule has 0 saturated heterocycles. The van der Waals surface area contributed by atoms with Gasteiger partial charge in [-0.25, -0.2) is 4.98 Å². The SMILES string of the molecule is O=C(NCCc1nccs1)C1CNCc2ccccc21. The van der Waals surface area contributed by atoms with Crippen molar-refractivity contribution in [1.29, 1.82) is 0 Å². The highest BCUT2D eigenvalue weighted by Gasteiger charge is 2.25. The average molecular weight is 287 g/mol. The first-order chi connectivity index (χ1) is 9.84. The first-order valence-electron chi connectivity index (χ1n) is 6.79. The molecule has 4 nitrogen and oxygen atoms in total. The predicted octanol–water partition coefficient (Wildman–Crippen LogP) is 1.69. The quantitative estimate of drug-likeness (QED) is 0.900. The van der Waals surface area contributed by atoms with Gasteiger partial charge in [-0.3, -0.25) is 4.79 Å². The van der Waals surface area contributed by atoms with Gasteiger partial charge in [0.1, 0.15) is 0 Å². The third-order valence-corrected chi connectivity index (χ3v) is 4.37. The zero-order valence-corrected chi connectivity index (χ0v) is 12.0. The smallest absolute Gasteiger partial charge is 0.228 e. The lowest BCUT2D eigenvalue weighted by atomic mass is 9.90. The average Bonchev–Trinajstić information content (AvgIpc) is 3.00. The zero-order chi connectivity index (χ0) is 13.8. The van der Waals surface area contributed by atoms with Gasteiger partial charge in [0.05, 0.1) is 10.9 Å². The number of rotatable bonds is 4. The summed E-state index contributed by atoms with van der Waals surface area (Å²) < 4.78 is 0. The third-order valence-electron chi connectivity index (χ3n) is 3.53. The Morgan fingerprint density at radius 2 is 2.35 bits per heavy atom. The molecule has 3 rings (SSSR count). The Kier molecular flexibility index (Phi) is 4.08. The zero-order valence-electron chi connectivity index (χ0n) is 11.1. The van der Waals surface area contributed by atoms with Gasteiger partial charge in [-0.05, 0) is 11.1 Å². The number of nitrogens with zero attached hydrogens (tertiary/aromatic N) is 1. The van der Waals surface area contributed by atoms with Crippen molar-refractivity contribution in [3.63, 3.8) is 0 Å². The number of nitrogens with one attached hydrogen (secondary N) is 2. The monoisotopic (exact) mass is 287 g/mol. The van der Waals surface area contributed by atoms with E-state index >= 15 is 0 Å². The van der Waals surface area contributed by atoms with Crippen LogP contribution in [0.25, 0.3) is 0 Å². The number of carbonyl (C=O) groups excluding carboxylic acids is 1. The summed E-state index contributed by atoms with van der Waals surface area (Å²) in [5, 5.41) is 9.34. The van der Waals surface area contributed by atoms with Crippen LogP contribution < -0.4 is 10.6 Å². The summed E-state index contributed by atoms with van der Waals surface area (Å²) in [4.78, 5) is 16.5. The molecule has 2 N–H and O–H groups in total. The maximum Gasteiger partial charge on any atom is 0.228 e. The molecule has 1 aromatic carbocycles. The molecule has 2 aromatic rings. The van der Waals surface area contributed by atoms with Crippen LogP contribution >= 0.6 is 11.3 Å². The Morgan fingerprint density at radius 1 is 1.45 bits per heavy atom. The largest absolute Gasteiger partial charge is 0.355 e. The number of hydrogen-bond donors (Lipinski definition) is 2. The molecule has 0 fully saturated rings. The first-order valence-corrected chi connectivity index (χ1v) is 7.67. The Bertz CT molecular complexity index is 583. The van der Waals surface area contributed by atoms with E-state index in [1.807, 2.05) is 17.5 Å². The van der Waals surface area contributed by atoms with Crippen molar-refractivity contribution < 1.29 is 4.79 Å². The molecule has 1 atom stereocenters. The molecule has 0 bridgehead atoms. The standard InChI is InChI=1S/C15H17N3OS/c19-15(18-6-5-14-17-7-8-20-14)13-10-16-9-11-3-1-2-4-12(11)13/h1-4,7-8,13,16H,5-6,9-10H2,(H,18,19). The van der Waals surface area contributed by atoms with Crippen molar-refractivity contribution in [2.24, 2.45) is 0 Å². The molecule has 0 radical (unpaired) electrons. The first kappa shape index (κ1) is 13.3. The van der Waals surface area contributed by atoms with Crippen molar-refractivity contribution >= 4 is 17.2 Å². The van der Waals surface area contributed by atoms with Gasteiger partial charge in [0.2, 0.25) is 5.91 Å². The van der Waals surface area contributed by atoms with E-state index in [9.17, 15) is 4.79 Å². The lowest BCUT2D eigenvalue weighted by molar-refractivity contribution is -0.122. The van der Waals surface area contributed by atoms with E-state index in [0.717, 1.165) is 23.5 Å². The normalized spacial score (nSPS) is 17.5. The predicted molar refractivity (Wildman–Crippen MR) is 79.7 cm³/mol. The van der Waals surface area contributed by atoms with E-state index in [4.69, 9.17) is 0 Å². The van der Waals surface area contributed by atoms with Crippen LogP contribution in [0.5, 0.6) is 0 Å². The molecule has 1 aliphatic heterocycles. The van der Waals surface area contributed by atoms with Crippen LogP contribution in [0.3, 0.4) is 0 Å². The summed E-state index contributed by atoms with van der Waals surface area (Å²) in [7, 11) is 0. The number of fused-ring (bicyclic) bond motifs is 1. The molecule has 0 aliphatic carbocycles. The lowest BCUT2D eigenvalue weighted by Crippen LogP contribution is -2.39. The van der Waals surface area contributed by atoms with Crippen molar-refractivity contribution in [3.8, 4) is 0 Å². The van der Waals surface area contributed by atoms with Gasteiger partial charge in [-0.1, -0.05) is 24.3 Å². The third kappa shape index (κ3) is 2.89. The van der Waals surface area contributed by atoms with Gasteiger partial charge in [-0.2, -0.15) is 0 Å². The molecule has 0 saturated carbocycles. The van der Waals surface area contributed by atoms with Gasteiger partial charge in [-0.15, -0.1) is 11.3 Å². The van der Waals surface area contributed by atoms with Crippen LogP contribution in [-0.2, 0) is 17.8 Å². The van der Waals surface area contributed by atoms with E-state index in [1.165, 1.54) is 5.56 Å². The number of carbonyl (C=O) groups is 1. The van der Waals surface area contributed by atoms with Gasteiger partial charge in [0.15, 0.2) is 0 Å². The number of amides is 1. The molecule has 0 spiro atoms. The fourth-order valence-corrected chi connectivity index (χ4v) is 3.14. The second-order valence-corrected chi connectivity index (χ2v) is 5.83. The maximum atomic E-state index is 12.3. The van der Waals surface area contributed by atoms with Crippen LogP contribution in [0.4, 0.5) is 0 Å². The van der Waals surface area contributed by atoms with Gasteiger partial charge < -0.3 is 10.6 Å². The topological polar surface area (TPSA) is 54.0 Å². The molecular weight excluding hydrogens is 270 g/mol. The number of aromatic nitrogens is 1. The van der Waals surface area contributed by atoms with E-state index in [-0.39, 0.29) is 11.8 Å². The Hall–Kier alpha value is -1.72. The van der Waals surface area contributed by atoms with E-state index in [1.54, 1.807) is 17.5 Å². The summed E-state index contributed by atoms with van der Waals surface area (Å²) in [5.41, 5.74) is 2.37. The molecule has 104 valence electrons. The van der Waals surface area contributed by atoms with Crippen molar-refractivity contribution in [3.05, 3.63) is 52.0 Å². The molecular formula is C15H17N3OS. The van der Waals surface area contributed by atoms with E-state index < -0.39 is 0 Å². The summed E-state index contributed by atoms with van der Waals surface area (Å²) in [5.74, 6) is 0.0115. The second kappa shape index (κ2) is 6.15. The highest BCUT2D eigenvalue weighted by molar-refractivity contribution is 7.09. The highest BCUT2D eigenvalue weighted by atomic mass is 32.1. The molecule has 20 heavy (non-hydrogen) atoms. The fourth-order valence-electron chi connectivity index (χ4n) is 2.52. The van der Waals surface area contributed by atoms with Crippen LogP contribution in [0.15, 0.2) is 35.8 Å². The lowest BCUT2D eigenvalue weighted by Gasteiger charge is -2.25. The Labute approximate surface area is 122 Å². The number of thiazole rings is 1. The molecule has 1 aromatic heterocycles. The number of benzene rings is 1. The van der Waals surface area contributed by atoms with Gasteiger partial charge in [0.25, 0.3) is 0 Å². The minimum Gasteiger partial charge on any atom is -0.355 e. The van der Waals surface area contributed by atoms with Gasteiger partial charge >= 0.3 is 0 Å². The maximum absolute atomic E-state index is 12.3. The summed E-state index contributed by atoms with van der Waals surface area (Å²) >= 11 is 1.62. The van der Waals surface area contributed by atoms with Gasteiger partial charge in [0, 0.05) is 37.6 Å². The van der Waals surface area contributed by atoms with Crippen molar-refractivity contribution in [1.82, 2.24) is 15.6 Å². The van der Waals surface area contributed by atoms with Crippen LogP contribution in [0.1, 0.15) is 22.1 Å². The summed E-state index contributed by atoms with van der Waals surface area (Å²) in [6.45, 7) is 2.20. The molecule has 1 aliphatic rings. The van der Waals surface area contributed by atoms with Crippen LogP contribution in [-0.4, -0.2) is 24.0 Å². The molecule has 1 amide bonds. The Balaban J connectivity index is 1.60. The van der Waals surface area contributed by atoms with Crippen molar-refractivity contribution in [2.45, 2.75) is 18.9 Å². The molecule has 1 unspecified atom stereocenters. The van der Waals surface area contributed by atoms with Crippen molar-refractivity contribution in [2.75, 3.05) is 13.1 Å². The van der Waals surface area contributed by atoms with E-state index in [2.05, 4.69) is 27.8 Å². The van der Waals surface area contributed by atoms with Crippen LogP contribution in [0.2, 0.25) is 0 Å². The van der Waals surface area contributed by atoms with Crippen LogP contribution in [0, 0.1) is 0 Å². The molecule has 2 heterocycles. The fraction of sp³-hybridized carbons (Fsp3) is 0.333. The Morgan fingerprint density at radius 3 is 3.20 bits per heavy atom. The summed E-state index contributed by atoms with van der Waals surface area (Å²) in [6.07, 6.45) is 2.59. The number of hydrogen-bond acceptors (Lipinski definition) is 4.